The summed E-state index contributed by atoms with van der Waals surface area (Å²) in [7, 11) is 1.88. The molecular formula is C15H21Cl2N3OS. The van der Waals surface area contributed by atoms with Crippen LogP contribution in [0.3, 0.4) is 0 Å². The number of aryl methyl sites for hydroxylation is 1. The summed E-state index contributed by atoms with van der Waals surface area (Å²) in [5, 5.41) is 8.96. The van der Waals surface area contributed by atoms with Crippen molar-refractivity contribution in [2.75, 3.05) is 13.6 Å². The van der Waals surface area contributed by atoms with Crippen molar-refractivity contribution in [2.45, 2.75) is 19.9 Å². The van der Waals surface area contributed by atoms with Crippen LogP contribution in [0.25, 0.3) is 10.6 Å². The van der Waals surface area contributed by atoms with Gasteiger partial charge >= 0.3 is 0 Å². The van der Waals surface area contributed by atoms with Crippen LogP contribution in [0.15, 0.2) is 29.6 Å². The van der Waals surface area contributed by atoms with Crippen molar-refractivity contribution >= 4 is 42.1 Å². The van der Waals surface area contributed by atoms with Crippen molar-refractivity contribution in [3.05, 3.63) is 40.9 Å². The Kier molecular flexibility index (Phi) is 9.28. The first-order chi connectivity index (χ1) is 9.60. The van der Waals surface area contributed by atoms with Gasteiger partial charge in [-0.25, -0.2) is 4.98 Å². The van der Waals surface area contributed by atoms with E-state index >= 15 is 0 Å². The molecule has 2 aromatic rings. The van der Waals surface area contributed by atoms with Crippen molar-refractivity contribution < 1.29 is 4.79 Å². The Morgan fingerprint density at radius 2 is 2.09 bits per heavy atom. The first kappa shape index (κ1) is 20.9. The van der Waals surface area contributed by atoms with E-state index in [1.807, 2.05) is 50.5 Å². The third-order valence-corrected chi connectivity index (χ3v) is 4.06. The Morgan fingerprint density at radius 3 is 2.68 bits per heavy atom. The molecule has 0 aliphatic heterocycles. The Bertz CT molecular complexity index is 604. The molecule has 1 atom stereocenters. The van der Waals surface area contributed by atoms with Gasteiger partial charge in [-0.3, -0.25) is 4.79 Å². The smallest absolute Gasteiger partial charge is 0.251 e. The van der Waals surface area contributed by atoms with Gasteiger partial charge in [0, 0.05) is 34.8 Å². The molecule has 22 heavy (non-hydrogen) atoms. The first-order valence-electron chi connectivity index (χ1n) is 6.58. The molecule has 0 saturated carbocycles. The van der Waals surface area contributed by atoms with Gasteiger partial charge in [-0.05, 0) is 33.0 Å². The van der Waals surface area contributed by atoms with Crippen LogP contribution >= 0.6 is 36.2 Å². The number of nitrogens with zero attached hydrogens (tertiary/aromatic N) is 1. The van der Waals surface area contributed by atoms with Crippen LogP contribution in [0.5, 0.6) is 0 Å². The maximum Gasteiger partial charge on any atom is 0.251 e. The van der Waals surface area contributed by atoms with Gasteiger partial charge in [0.05, 0.1) is 0 Å². The van der Waals surface area contributed by atoms with E-state index in [9.17, 15) is 4.79 Å². The molecule has 0 fully saturated rings. The fourth-order valence-corrected chi connectivity index (χ4v) is 2.52. The van der Waals surface area contributed by atoms with Crippen LogP contribution in [0, 0.1) is 6.92 Å². The minimum atomic E-state index is -0.0535. The number of carbonyl (C=O) groups is 1. The second-order valence-electron chi connectivity index (χ2n) is 4.77. The fourth-order valence-electron chi connectivity index (χ4n) is 1.73. The average molecular weight is 362 g/mol. The zero-order chi connectivity index (χ0) is 14.5. The Morgan fingerprint density at radius 1 is 1.36 bits per heavy atom. The van der Waals surface area contributed by atoms with Gasteiger partial charge in [-0.2, -0.15) is 0 Å². The second kappa shape index (κ2) is 9.79. The minimum Gasteiger partial charge on any atom is -0.350 e. The molecule has 0 aliphatic rings. The molecule has 0 saturated heterocycles. The molecule has 0 spiro atoms. The van der Waals surface area contributed by atoms with Crippen LogP contribution < -0.4 is 10.6 Å². The summed E-state index contributed by atoms with van der Waals surface area (Å²) < 4.78 is 0. The molecular weight excluding hydrogens is 341 g/mol. The normalized spacial score (nSPS) is 11.0. The number of hydrogen-bond acceptors (Lipinski definition) is 4. The third kappa shape index (κ3) is 5.57. The molecule has 1 amide bonds. The largest absolute Gasteiger partial charge is 0.350 e. The summed E-state index contributed by atoms with van der Waals surface area (Å²) in [6.45, 7) is 4.60. The van der Waals surface area contributed by atoms with Gasteiger partial charge in [0.1, 0.15) is 5.01 Å². The van der Waals surface area contributed by atoms with Gasteiger partial charge in [0.25, 0.3) is 5.91 Å². The van der Waals surface area contributed by atoms with Gasteiger partial charge in [-0.15, -0.1) is 36.2 Å². The monoisotopic (exact) mass is 361 g/mol. The molecule has 1 heterocycles. The summed E-state index contributed by atoms with van der Waals surface area (Å²) in [4.78, 5) is 16.5. The molecule has 1 unspecified atom stereocenters. The molecule has 1 aromatic carbocycles. The van der Waals surface area contributed by atoms with E-state index in [-0.39, 0.29) is 36.8 Å². The molecule has 2 rings (SSSR count). The fraction of sp³-hybridized carbons (Fsp3) is 0.333. The van der Waals surface area contributed by atoms with Crippen molar-refractivity contribution in [1.29, 1.82) is 0 Å². The number of rotatable bonds is 5. The number of benzene rings is 1. The third-order valence-electron chi connectivity index (χ3n) is 3.05. The quantitative estimate of drug-likeness (QED) is 0.858. The number of amides is 1. The summed E-state index contributed by atoms with van der Waals surface area (Å²) >= 11 is 1.59. The number of thiazole rings is 1. The molecule has 4 nitrogen and oxygen atoms in total. The summed E-state index contributed by atoms with van der Waals surface area (Å²) in [6.07, 6.45) is 0. The highest BCUT2D eigenvalue weighted by Gasteiger charge is 2.09. The molecule has 0 bridgehead atoms. The molecule has 7 heteroatoms. The Labute approximate surface area is 147 Å². The predicted octanol–water partition coefficient (Wildman–Crippen LogP) is 3.30. The lowest BCUT2D eigenvalue weighted by atomic mass is 10.1. The lowest BCUT2D eigenvalue weighted by molar-refractivity contribution is 0.0950. The van der Waals surface area contributed by atoms with E-state index < -0.39 is 0 Å². The molecule has 0 radical (unpaired) electrons. The first-order valence-corrected chi connectivity index (χ1v) is 7.46. The molecule has 122 valence electrons. The van der Waals surface area contributed by atoms with Crippen LogP contribution in [0.4, 0.5) is 0 Å². The summed E-state index contributed by atoms with van der Waals surface area (Å²) in [5.41, 5.74) is 2.65. The number of likely N-dealkylation sites (N-methyl/N-ethyl adjacent to an activating group) is 1. The number of halogens is 2. The average Bonchev–Trinajstić information content (AvgIpc) is 2.91. The SMILES string of the molecule is CNC(C)CNC(=O)c1cccc(-c2nc(C)cs2)c1.Cl.Cl. The number of hydrogen-bond donors (Lipinski definition) is 2. The van der Waals surface area contributed by atoms with Gasteiger partial charge in [-0.1, -0.05) is 12.1 Å². The molecule has 0 aliphatic carbocycles. The second-order valence-corrected chi connectivity index (χ2v) is 5.63. The van der Waals surface area contributed by atoms with Crippen molar-refractivity contribution in [1.82, 2.24) is 15.6 Å². The predicted molar refractivity (Wildman–Crippen MR) is 97.6 cm³/mol. The highest BCUT2D eigenvalue weighted by Crippen LogP contribution is 2.24. The van der Waals surface area contributed by atoms with Gasteiger partial charge < -0.3 is 10.6 Å². The van der Waals surface area contributed by atoms with E-state index in [0.717, 1.165) is 16.3 Å². The Hall–Kier alpha value is -1.14. The van der Waals surface area contributed by atoms with E-state index in [1.54, 1.807) is 11.3 Å². The number of carbonyl (C=O) groups excluding carboxylic acids is 1. The highest BCUT2D eigenvalue weighted by atomic mass is 35.5. The summed E-state index contributed by atoms with van der Waals surface area (Å²) in [6, 6.07) is 7.83. The lowest BCUT2D eigenvalue weighted by Gasteiger charge is -2.11. The van der Waals surface area contributed by atoms with Gasteiger partial charge in [0.15, 0.2) is 0 Å². The van der Waals surface area contributed by atoms with Gasteiger partial charge in [0.2, 0.25) is 0 Å². The van der Waals surface area contributed by atoms with Crippen LogP contribution in [-0.2, 0) is 0 Å². The lowest BCUT2D eigenvalue weighted by Crippen LogP contribution is -2.37. The van der Waals surface area contributed by atoms with E-state index in [4.69, 9.17) is 0 Å². The highest BCUT2D eigenvalue weighted by molar-refractivity contribution is 7.13. The van der Waals surface area contributed by atoms with Crippen molar-refractivity contribution in [3.63, 3.8) is 0 Å². The minimum absolute atomic E-state index is 0. The summed E-state index contributed by atoms with van der Waals surface area (Å²) in [5.74, 6) is -0.0535. The standard InChI is InChI=1S/C15H19N3OS.2ClH/c1-10(16-3)8-17-14(19)12-5-4-6-13(7-12)15-18-11(2)9-20-15;;/h4-7,9-10,16H,8H2,1-3H3,(H,17,19);2*1H. The topological polar surface area (TPSA) is 54.0 Å². The van der Waals surface area contributed by atoms with E-state index in [2.05, 4.69) is 15.6 Å². The van der Waals surface area contributed by atoms with Crippen molar-refractivity contribution in [3.8, 4) is 10.6 Å². The van der Waals surface area contributed by atoms with Crippen LogP contribution in [0.1, 0.15) is 23.0 Å². The number of aromatic nitrogens is 1. The maximum absolute atomic E-state index is 12.1. The van der Waals surface area contributed by atoms with E-state index in [0.29, 0.717) is 12.1 Å². The van der Waals surface area contributed by atoms with Crippen LogP contribution in [0.2, 0.25) is 0 Å². The number of nitrogens with one attached hydrogen (secondary N) is 2. The van der Waals surface area contributed by atoms with Crippen LogP contribution in [-0.4, -0.2) is 30.5 Å². The maximum atomic E-state index is 12.1. The Balaban J connectivity index is 0.00000220. The zero-order valence-electron chi connectivity index (χ0n) is 12.8. The van der Waals surface area contributed by atoms with E-state index in [1.165, 1.54) is 0 Å². The molecule has 2 N–H and O–H groups in total. The zero-order valence-corrected chi connectivity index (χ0v) is 15.2. The molecule has 1 aromatic heterocycles. The van der Waals surface area contributed by atoms with Crippen molar-refractivity contribution in [2.24, 2.45) is 0 Å².